The van der Waals surface area contributed by atoms with Crippen molar-refractivity contribution < 1.29 is 0 Å². The van der Waals surface area contributed by atoms with Gasteiger partial charge in [-0.2, -0.15) is 0 Å². The molecule has 1 fully saturated rings. The van der Waals surface area contributed by atoms with Gasteiger partial charge in [0.25, 0.3) is 0 Å². The lowest BCUT2D eigenvalue weighted by Gasteiger charge is -2.32. The summed E-state index contributed by atoms with van der Waals surface area (Å²) in [6.45, 7) is 6.00. The maximum Gasteiger partial charge on any atom is 0.0314 e. The average Bonchev–Trinajstić information content (AvgIpc) is 2.31. The largest absolute Gasteiger partial charge is 0.399 e. The Morgan fingerprint density at radius 1 is 1.29 bits per heavy atom. The highest BCUT2D eigenvalue weighted by Crippen LogP contribution is 2.27. The molecule has 1 heterocycles. The van der Waals surface area contributed by atoms with Crippen molar-refractivity contribution in [1.29, 1.82) is 0 Å². The molecule has 0 aromatic heterocycles. The number of hydrogen-bond donors (Lipinski definition) is 1. The maximum absolute atomic E-state index is 5.72. The number of rotatable bonds is 3. The van der Waals surface area contributed by atoms with Crippen LogP contribution < -0.4 is 5.73 Å². The highest BCUT2D eigenvalue weighted by molar-refractivity contribution is 5.85. The lowest BCUT2D eigenvalue weighted by Crippen LogP contribution is -2.34. The lowest BCUT2D eigenvalue weighted by atomic mass is 9.90. The third-order valence-corrected chi connectivity index (χ3v) is 3.45. The van der Waals surface area contributed by atoms with Crippen LogP contribution in [0, 0.1) is 0 Å². The van der Waals surface area contributed by atoms with Crippen molar-refractivity contribution in [3.05, 3.63) is 29.8 Å². The van der Waals surface area contributed by atoms with Gasteiger partial charge in [-0.3, -0.25) is 0 Å². The molecule has 2 N–H and O–H groups in total. The minimum absolute atomic E-state index is 0. The summed E-state index contributed by atoms with van der Waals surface area (Å²) in [6, 6.07) is 8.42. The second-order valence-electron chi connectivity index (χ2n) is 4.81. The smallest absolute Gasteiger partial charge is 0.0314 e. The number of likely N-dealkylation sites (tertiary alicyclic amines) is 1. The Morgan fingerprint density at radius 3 is 2.65 bits per heavy atom. The first-order chi connectivity index (χ1) is 7.79. The third-order valence-electron chi connectivity index (χ3n) is 3.45. The van der Waals surface area contributed by atoms with E-state index in [1.807, 2.05) is 12.1 Å². The summed E-state index contributed by atoms with van der Waals surface area (Å²) in [5.74, 6) is 0.709. The van der Waals surface area contributed by atoms with Gasteiger partial charge in [-0.1, -0.05) is 19.1 Å². The first-order valence-corrected chi connectivity index (χ1v) is 6.37. The minimum atomic E-state index is 0. The molecule has 0 aliphatic carbocycles. The van der Waals surface area contributed by atoms with E-state index in [0.29, 0.717) is 5.92 Å². The molecule has 1 unspecified atom stereocenters. The number of nitrogens with zero attached hydrogens (tertiary/aromatic N) is 1. The number of benzene rings is 1. The normalized spacial score (nSPS) is 20.9. The van der Waals surface area contributed by atoms with Gasteiger partial charge in [0.05, 0.1) is 0 Å². The van der Waals surface area contributed by atoms with E-state index in [2.05, 4.69) is 24.0 Å². The zero-order valence-electron chi connectivity index (χ0n) is 10.6. The van der Waals surface area contributed by atoms with E-state index in [1.54, 1.807) is 0 Å². The van der Waals surface area contributed by atoms with E-state index >= 15 is 0 Å². The molecule has 0 bridgehead atoms. The minimum Gasteiger partial charge on any atom is -0.399 e. The van der Waals surface area contributed by atoms with Crippen molar-refractivity contribution in [3.63, 3.8) is 0 Å². The van der Waals surface area contributed by atoms with Crippen LogP contribution in [0.5, 0.6) is 0 Å². The first-order valence-electron chi connectivity index (χ1n) is 6.37. The predicted octanol–water partition coefficient (Wildman–Crippen LogP) is 3.28. The van der Waals surface area contributed by atoms with Gasteiger partial charge in [-0.25, -0.2) is 0 Å². The zero-order valence-corrected chi connectivity index (χ0v) is 11.4. The molecule has 0 amide bonds. The Kier molecular flexibility index (Phi) is 5.79. The van der Waals surface area contributed by atoms with Crippen LogP contribution in [-0.2, 0) is 0 Å². The number of piperidine rings is 1. The van der Waals surface area contributed by atoms with Gasteiger partial charge in [0.1, 0.15) is 0 Å². The molecule has 3 heteroatoms. The van der Waals surface area contributed by atoms with Crippen molar-refractivity contribution in [3.8, 4) is 0 Å². The third kappa shape index (κ3) is 3.90. The van der Waals surface area contributed by atoms with E-state index in [1.165, 1.54) is 44.5 Å². The Morgan fingerprint density at radius 2 is 2.00 bits per heavy atom. The van der Waals surface area contributed by atoms with Crippen LogP contribution in [0.2, 0.25) is 0 Å². The second-order valence-corrected chi connectivity index (χ2v) is 4.81. The van der Waals surface area contributed by atoms with E-state index in [9.17, 15) is 0 Å². The molecule has 1 atom stereocenters. The van der Waals surface area contributed by atoms with Crippen LogP contribution >= 0.6 is 12.4 Å². The number of halogens is 1. The topological polar surface area (TPSA) is 29.3 Å². The molecule has 17 heavy (non-hydrogen) atoms. The average molecular weight is 255 g/mol. The van der Waals surface area contributed by atoms with E-state index in [-0.39, 0.29) is 12.4 Å². The molecule has 96 valence electrons. The van der Waals surface area contributed by atoms with Crippen LogP contribution in [-0.4, -0.2) is 24.5 Å². The van der Waals surface area contributed by atoms with Crippen LogP contribution in [0.15, 0.2) is 24.3 Å². The number of nitrogen functional groups attached to an aromatic ring is 1. The van der Waals surface area contributed by atoms with Crippen molar-refractivity contribution in [2.45, 2.75) is 32.1 Å². The van der Waals surface area contributed by atoms with E-state index in [0.717, 1.165) is 5.69 Å². The number of anilines is 1. The summed E-state index contributed by atoms with van der Waals surface area (Å²) in [4.78, 5) is 2.59. The molecule has 1 aromatic rings. The van der Waals surface area contributed by atoms with Crippen molar-refractivity contribution in [2.24, 2.45) is 0 Å². The highest BCUT2D eigenvalue weighted by atomic mass is 35.5. The van der Waals surface area contributed by atoms with Gasteiger partial charge in [0, 0.05) is 12.2 Å². The van der Waals surface area contributed by atoms with Crippen LogP contribution in [0.4, 0.5) is 5.69 Å². The Balaban J connectivity index is 0.00000144. The van der Waals surface area contributed by atoms with Gasteiger partial charge >= 0.3 is 0 Å². The zero-order chi connectivity index (χ0) is 11.4. The summed E-state index contributed by atoms with van der Waals surface area (Å²) < 4.78 is 0. The fraction of sp³-hybridized carbons (Fsp3) is 0.571. The summed E-state index contributed by atoms with van der Waals surface area (Å²) in [6.07, 6.45) is 3.91. The molecule has 1 aliphatic rings. The fourth-order valence-corrected chi connectivity index (χ4v) is 2.62. The Labute approximate surface area is 111 Å². The van der Waals surface area contributed by atoms with Gasteiger partial charge < -0.3 is 10.6 Å². The Bertz CT molecular complexity index is 321. The SMILES string of the molecule is CCCN1CCCC(c2ccc(N)cc2)C1.Cl. The van der Waals surface area contributed by atoms with Crippen molar-refractivity contribution >= 4 is 18.1 Å². The Hall–Kier alpha value is -0.730. The molecule has 1 aliphatic heterocycles. The molecule has 2 nitrogen and oxygen atoms in total. The summed E-state index contributed by atoms with van der Waals surface area (Å²) >= 11 is 0. The number of hydrogen-bond acceptors (Lipinski definition) is 2. The molecule has 0 radical (unpaired) electrons. The molecule has 1 aromatic carbocycles. The first kappa shape index (κ1) is 14.3. The summed E-state index contributed by atoms with van der Waals surface area (Å²) in [5, 5.41) is 0. The van der Waals surface area contributed by atoms with Gasteiger partial charge in [-0.15, -0.1) is 12.4 Å². The van der Waals surface area contributed by atoms with Crippen LogP contribution in [0.3, 0.4) is 0 Å². The van der Waals surface area contributed by atoms with E-state index < -0.39 is 0 Å². The second kappa shape index (κ2) is 6.87. The fourth-order valence-electron chi connectivity index (χ4n) is 2.62. The predicted molar refractivity (Wildman–Crippen MR) is 76.8 cm³/mol. The van der Waals surface area contributed by atoms with Crippen molar-refractivity contribution in [2.75, 3.05) is 25.4 Å². The summed E-state index contributed by atoms with van der Waals surface area (Å²) in [7, 11) is 0. The maximum atomic E-state index is 5.72. The monoisotopic (exact) mass is 254 g/mol. The van der Waals surface area contributed by atoms with Gasteiger partial charge in [0.2, 0.25) is 0 Å². The molecular weight excluding hydrogens is 232 g/mol. The van der Waals surface area contributed by atoms with E-state index in [4.69, 9.17) is 5.73 Å². The standard InChI is InChI=1S/C14H22N2.ClH/c1-2-9-16-10-3-4-13(11-16)12-5-7-14(15)8-6-12;/h5-8,13H,2-4,9-11,15H2,1H3;1H. The van der Waals surface area contributed by atoms with Gasteiger partial charge in [-0.05, 0) is 56.0 Å². The van der Waals surface area contributed by atoms with Crippen molar-refractivity contribution in [1.82, 2.24) is 4.90 Å². The molecule has 2 rings (SSSR count). The molecule has 1 saturated heterocycles. The quantitative estimate of drug-likeness (QED) is 0.839. The molecular formula is C14H23ClN2. The highest BCUT2D eigenvalue weighted by Gasteiger charge is 2.20. The molecule has 0 spiro atoms. The lowest BCUT2D eigenvalue weighted by molar-refractivity contribution is 0.208. The number of nitrogens with two attached hydrogens (primary N) is 1. The van der Waals surface area contributed by atoms with Gasteiger partial charge in [0.15, 0.2) is 0 Å². The van der Waals surface area contributed by atoms with Crippen LogP contribution in [0.1, 0.15) is 37.7 Å². The van der Waals surface area contributed by atoms with Crippen LogP contribution in [0.25, 0.3) is 0 Å². The summed E-state index contributed by atoms with van der Waals surface area (Å²) in [5.41, 5.74) is 8.04. The molecule has 0 saturated carbocycles.